The van der Waals surface area contributed by atoms with Crippen LogP contribution in [0.1, 0.15) is 27.2 Å². The van der Waals surface area contributed by atoms with Gasteiger partial charge in [0.1, 0.15) is 0 Å². The van der Waals surface area contributed by atoms with Crippen molar-refractivity contribution in [1.29, 1.82) is 0 Å². The number of aliphatic carboxylic acids is 1. The second kappa shape index (κ2) is 15.1. The second-order valence-electron chi connectivity index (χ2n) is 3.16. The lowest BCUT2D eigenvalue weighted by Crippen LogP contribution is -2.23. The van der Waals surface area contributed by atoms with Gasteiger partial charge in [-0.15, -0.1) is 0 Å². The van der Waals surface area contributed by atoms with Crippen molar-refractivity contribution < 1.29 is 27.1 Å². The average molecular weight is 299 g/mol. The number of carbonyl (C=O) groups is 1. The third-order valence-corrected chi connectivity index (χ3v) is 2.24. The fourth-order valence-electron chi connectivity index (χ4n) is 0.856. The number of hydrogen-bond acceptors (Lipinski definition) is 5. The first-order valence-corrected chi connectivity index (χ1v) is 7.15. The number of carboxylic acid groups (broad SMARTS) is 1. The van der Waals surface area contributed by atoms with Gasteiger partial charge in [-0.2, -0.15) is 8.42 Å². The van der Waals surface area contributed by atoms with E-state index >= 15 is 0 Å². The van der Waals surface area contributed by atoms with Crippen LogP contribution >= 0.6 is 0 Å². The molecule has 0 saturated heterocycles. The monoisotopic (exact) mass is 299 g/mol. The van der Waals surface area contributed by atoms with Crippen LogP contribution in [-0.2, 0) is 19.4 Å². The minimum absolute atomic E-state index is 0.833. The molecular formula is C11H25NO6S. The molecule has 0 aromatic carbocycles. The minimum atomic E-state index is -4.16. The van der Waals surface area contributed by atoms with E-state index in [4.69, 9.17) is 9.66 Å². The number of carboxylic acids is 1. The molecule has 0 atom stereocenters. The molecule has 0 saturated carbocycles. The number of hydrogen-bond donors (Lipinski definition) is 2. The van der Waals surface area contributed by atoms with Gasteiger partial charge < -0.3 is 10.0 Å². The Morgan fingerprint density at radius 1 is 1.32 bits per heavy atom. The Hall–Kier alpha value is -0.960. The smallest absolute Gasteiger partial charge is 0.397 e. The summed E-state index contributed by atoms with van der Waals surface area (Å²) < 4.78 is 29.7. The molecule has 0 aromatic heterocycles. The topological polar surface area (TPSA) is 104 Å². The molecule has 0 amide bonds. The van der Waals surface area contributed by atoms with Crippen LogP contribution in [-0.4, -0.2) is 55.7 Å². The fraction of sp³-hybridized carbons (Fsp3) is 0.727. The van der Waals surface area contributed by atoms with E-state index in [2.05, 4.69) is 36.4 Å². The molecule has 0 aliphatic rings. The Kier molecular flexibility index (Phi) is 18.4. The van der Waals surface area contributed by atoms with Gasteiger partial charge in [-0.3, -0.25) is 8.74 Å². The van der Waals surface area contributed by atoms with Gasteiger partial charge in [0.25, 0.3) is 0 Å². The summed E-state index contributed by atoms with van der Waals surface area (Å²) in [6.45, 7) is 13.3. The lowest BCUT2D eigenvalue weighted by atomic mass is 10.4. The predicted molar refractivity (Wildman–Crippen MR) is 74.5 cm³/mol. The van der Waals surface area contributed by atoms with Crippen molar-refractivity contribution in [2.45, 2.75) is 27.2 Å². The molecule has 0 spiro atoms. The van der Waals surface area contributed by atoms with Crippen LogP contribution in [0.3, 0.4) is 0 Å². The van der Waals surface area contributed by atoms with Crippen molar-refractivity contribution in [3.05, 3.63) is 12.7 Å². The number of nitrogens with zero attached hydrogens (tertiary/aromatic N) is 1. The summed E-state index contributed by atoms with van der Waals surface area (Å²) in [5.41, 5.74) is 0. The van der Waals surface area contributed by atoms with E-state index in [1.54, 1.807) is 0 Å². The molecule has 19 heavy (non-hydrogen) atoms. The lowest BCUT2D eigenvalue weighted by Gasteiger charge is -2.15. The molecule has 0 fully saturated rings. The molecule has 0 bridgehead atoms. The fourth-order valence-corrected chi connectivity index (χ4v) is 0.856. The normalized spacial score (nSPS) is 9.79. The lowest BCUT2D eigenvalue weighted by molar-refractivity contribution is -0.131. The minimum Gasteiger partial charge on any atom is -0.478 e. The molecule has 0 heterocycles. The van der Waals surface area contributed by atoms with E-state index in [-0.39, 0.29) is 0 Å². The summed E-state index contributed by atoms with van der Waals surface area (Å²) in [7, 11) is -3.29. The molecule has 7 nitrogen and oxygen atoms in total. The van der Waals surface area contributed by atoms with E-state index in [9.17, 15) is 13.2 Å². The summed E-state index contributed by atoms with van der Waals surface area (Å²) in [5.74, 6) is -0.981. The van der Waals surface area contributed by atoms with Crippen molar-refractivity contribution >= 4 is 16.4 Å². The van der Waals surface area contributed by atoms with Crippen molar-refractivity contribution in [1.82, 2.24) is 4.90 Å². The summed E-state index contributed by atoms with van der Waals surface area (Å²) in [6.07, 6.45) is 2.11. The van der Waals surface area contributed by atoms with Crippen molar-refractivity contribution in [3.8, 4) is 0 Å². The standard InChI is InChI=1S/C7H17N.C3H4O2.CH4O4S/c1-4-7-8(5-2)6-3;1-2-3(4)5;1-5-6(2,3)4/h4-7H2,1-3H3;2H,1H2,(H,4,5);1H3,(H,2,3,4). The van der Waals surface area contributed by atoms with Gasteiger partial charge in [-0.05, 0) is 26.1 Å². The first kappa shape index (κ1) is 23.2. The predicted octanol–water partition coefficient (Wildman–Crippen LogP) is 1.43. The van der Waals surface area contributed by atoms with Gasteiger partial charge in [-0.1, -0.05) is 27.4 Å². The van der Waals surface area contributed by atoms with Crippen LogP contribution in [0.2, 0.25) is 0 Å². The molecular weight excluding hydrogens is 274 g/mol. The molecule has 2 N–H and O–H groups in total. The highest BCUT2D eigenvalue weighted by atomic mass is 32.3. The molecule has 0 aromatic rings. The zero-order chi connectivity index (χ0) is 15.9. The van der Waals surface area contributed by atoms with Crippen LogP contribution in [0, 0.1) is 0 Å². The van der Waals surface area contributed by atoms with E-state index < -0.39 is 16.4 Å². The van der Waals surface area contributed by atoms with Gasteiger partial charge >= 0.3 is 16.4 Å². The van der Waals surface area contributed by atoms with E-state index in [0.717, 1.165) is 13.2 Å². The van der Waals surface area contributed by atoms with Crippen LogP contribution in [0.15, 0.2) is 12.7 Å². The molecule has 116 valence electrons. The van der Waals surface area contributed by atoms with Gasteiger partial charge in [0, 0.05) is 6.08 Å². The molecule has 0 aliphatic heterocycles. The Labute approximate surface area is 115 Å². The highest BCUT2D eigenvalue weighted by Gasteiger charge is 1.94. The van der Waals surface area contributed by atoms with Crippen LogP contribution in [0.4, 0.5) is 0 Å². The maximum atomic E-state index is 9.33. The highest BCUT2D eigenvalue weighted by Crippen LogP contribution is 1.87. The second-order valence-corrected chi connectivity index (χ2v) is 4.35. The summed E-state index contributed by atoms with van der Waals surface area (Å²) in [5, 5.41) is 7.60. The largest absolute Gasteiger partial charge is 0.478 e. The Balaban J connectivity index is -0.000000209. The molecule has 0 unspecified atom stereocenters. The highest BCUT2D eigenvalue weighted by molar-refractivity contribution is 7.80. The molecule has 8 heteroatoms. The molecule has 0 aliphatic carbocycles. The van der Waals surface area contributed by atoms with E-state index in [0.29, 0.717) is 0 Å². The Morgan fingerprint density at radius 3 is 1.68 bits per heavy atom. The SMILES string of the molecule is C=CC(=O)O.CCCN(CC)CC.COS(=O)(=O)O. The molecule has 0 radical (unpaired) electrons. The van der Waals surface area contributed by atoms with Crippen LogP contribution in [0.5, 0.6) is 0 Å². The van der Waals surface area contributed by atoms with Gasteiger partial charge in [0.2, 0.25) is 0 Å². The number of rotatable bonds is 6. The Morgan fingerprint density at radius 2 is 1.63 bits per heavy atom. The summed E-state index contributed by atoms with van der Waals surface area (Å²) in [4.78, 5) is 11.7. The average Bonchev–Trinajstić information content (AvgIpc) is 2.36. The zero-order valence-corrected chi connectivity index (χ0v) is 12.8. The first-order valence-electron chi connectivity index (χ1n) is 5.79. The molecule has 0 rings (SSSR count). The summed E-state index contributed by atoms with van der Waals surface area (Å²) >= 11 is 0. The van der Waals surface area contributed by atoms with E-state index in [1.807, 2.05) is 0 Å². The van der Waals surface area contributed by atoms with E-state index in [1.165, 1.54) is 26.1 Å². The van der Waals surface area contributed by atoms with Crippen LogP contribution in [0.25, 0.3) is 0 Å². The maximum Gasteiger partial charge on any atom is 0.397 e. The third-order valence-electron chi connectivity index (χ3n) is 1.82. The van der Waals surface area contributed by atoms with Gasteiger partial charge in [0.05, 0.1) is 7.11 Å². The third kappa shape index (κ3) is 31.6. The maximum absolute atomic E-state index is 9.33. The van der Waals surface area contributed by atoms with Gasteiger partial charge in [0.15, 0.2) is 0 Å². The summed E-state index contributed by atoms with van der Waals surface area (Å²) in [6, 6.07) is 0. The zero-order valence-electron chi connectivity index (χ0n) is 12.0. The first-order chi connectivity index (χ1) is 8.68. The van der Waals surface area contributed by atoms with Crippen molar-refractivity contribution in [2.75, 3.05) is 26.7 Å². The van der Waals surface area contributed by atoms with Crippen LogP contribution < -0.4 is 0 Å². The quantitative estimate of drug-likeness (QED) is 0.564. The van der Waals surface area contributed by atoms with Gasteiger partial charge in [-0.25, -0.2) is 4.79 Å². The van der Waals surface area contributed by atoms with Crippen molar-refractivity contribution in [2.24, 2.45) is 0 Å². The Bertz CT molecular complexity index is 311. The van der Waals surface area contributed by atoms with Crippen molar-refractivity contribution in [3.63, 3.8) is 0 Å².